The third-order valence-corrected chi connectivity index (χ3v) is 5.28. The van der Waals surface area contributed by atoms with E-state index in [1.165, 1.54) is 30.1 Å². The summed E-state index contributed by atoms with van der Waals surface area (Å²) in [6.45, 7) is 1.72. The molecule has 10 heteroatoms. The molecule has 0 bridgehead atoms. The molecule has 9 nitrogen and oxygen atoms in total. The maximum absolute atomic E-state index is 12.9. The molecular weight excluding hydrogens is 470 g/mol. The van der Waals surface area contributed by atoms with Crippen molar-refractivity contribution in [2.75, 3.05) is 17.7 Å². The summed E-state index contributed by atoms with van der Waals surface area (Å²) in [6.07, 6.45) is 3.02. The highest BCUT2D eigenvalue weighted by Crippen LogP contribution is 2.28. The molecule has 0 fully saturated rings. The first-order valence-corrected chi connectivity index (χ1v) is 10.8. The van der Waals surface area contributed by atoms with Gasteiger partial charge < -0.3 is 15.4 Å². The number of ether oxygens (including phenoxy) is 1. The molecule has 2 aromatic carbocycles. The van der Waals surface area contributed by atoms with E-state index < -0.39 is 11.3 Å². The number of halogens is 1. The average molecular weight is 490 g/mol. The molecule has 2 N–H and O–H groups in total. The number of aryl methyl sites for hydroxylation is 1. The van der Waals surface area contributed by atoms with Crippen molar-refractivity contribution in [1.29, 1.82) is 0 Å². The zero-order valence-corrected chi connectivity index (χ0v) is 19.5. The quantitative estimate of drug-likeness (QED) is 0.421. The van der Waals surface area contributed by atoms with Gasteiger partial charge in [-0.15, -0.1) is 0 Å². The van der Waals surface area contributed by atoms with E-state index in [0.717, 1.165) is 0 Å². The van der Waals surface area contributed by atoms with Gasteiger partial charge in [0.05, 0.1) is 24.0 Å². The van der Waals surface area contributed by atoms with Gasteiger partial charge in [0.15, 0.2) is 5.69 Å². The van der Waals surface area contributed by atoms with Gasteiger partial charge in [-0.1, -0.05) is 11.6 Å². The van der Waals surface area contributed by atoms with Crippen LogP contribution in [0.15, 0.2) is 77.9 Å². The highest BCUT2D eigenvalue weighted by molar-refractivity contribution is 6.30. The Morgan fingerprint density at radius 1 is 1.00 bits per heavy atom. The summed E-state index contributed by atoms with van der Waals surface area (Å²) >= 11 is 5.95. The van der Waals surface area contributed by atoms with E-state index in [1.807, 2.05) is 0 Å². The van der Waals surface area contributed by atoms with Crippen LogP contribution in [0.4, 0.5) is 11.4 Å². The molecule has 0 unspecified atom stereocenters. The average Bonchev–Trinajstić information content (AvgIpc) is 2.86. The fourth-order valence-corrected chi connectivity index (χ4v) is 3.43. The number of carbonyl (C=O) groups is 2. The van der Waals surface area contributed by atoms with Crippen LogP contribution in [-0.4, -0.2) is 33.7 Å². The van der Waals surface area contributed by atoms with E-state index in [0.29, 0.717) is 39.1 Å². The number of nitrogens with one attached hydrogen (secondary N) is 2. The van der Waals surface area contributed by atoms with Gasteiger partial charge in [0, 0.05) is 40.9 Å². The molecule has 4 rings (SSSR count). The standard InChI is InChI=1S/C25H20ClN5O4/c1-15-12-21(32)23(30-31(15)19-8-5-17(26)6-9-19)25(34)28-18-7-10-20(22(13-18)35-2)29-24(33)16-4-3-11-27-14-16/h3-14H,1-2H3,(H,28,34)(H,29,33). The van der Waals surface area contributed by atoms with Crippen LogP contribution in [0.1, 0.15) is 26.5 Å². The molecule has 176 valence electrons. The molecule has 4 aromatic rings. The lowest BCUT2D eigenvalue weighted by Crippen LogP contribution is -2.26. The predicted molar refractivity (Wildman–Crippen MR) is 133 cm³/mol. The summed E-state index contributed by atoms with van der Waals surface area (Å²) < 4.78 is 6.85. The van der Waals surface area contributed by atoms with Crippen LogP contribution >= 0.6 is 11.6 Å². The molecule has 0 saturated carbocycles. The molecular formula is C25H20ClN5O4. The summed E-state index contributed by atoms with van der Waals surface area (Å²) in [6, 6.07) is 16.2. The topological polar surface area (TPSA) is 115 Å². The van der Waals surface area contributed by atoms with Crippen LogP contribution < -0.4 is 20.8 Å². The maximum Gasteiger partial charge on any atom is 0.280 e. The Morgan fingerprint density at radius 3 is 2.46 bits per heavy atom. The number of anilines is 2. The van der Waals surface area contributed by atoms with Crippen molar-refractivity contribution in [1.82, 2.24) is 14.8 Å². The number of nitrogens with zero attached hydrogens (tertiary/aromatic N) is 3. The number of rotatable bonds is 6. The molecule has 0 aliphatic rings. The minimum Gasteiger partial charge on any atom is -0.494 e. The van der Waals surface area contributed by atoms with Crippen LogP contribution in [0.5, 0.6) is 5.75 Å². The Kier molecular flexibility index (Phi) is 6.88. The third-order valence-electron chi connectivity index (χ3n) is 5.03. The summed E-state index contributed by atoms with van der Waals surface area (Å²) in [5.41, 5.74) is 1.55. The Hall–Kier alpha value is -4.50. The lowest BCUT2D eigenvalue weighted by Gasteiger charge is -2.13. The largest absolute Gasteiger partial charge is 0.494 e. The van der Waals surface area contributed by atoms with Crippen molar-refractivity contribution in [3.8, 4) is 11.4 Å². The van der Waals surface area contributed by atoms with Gasteiger partial charge in [0.1, 0.15) is 5.75 Å². The van der Waals surface area contributed by atoms with E-state index in [-0.39, 0.29) is 11.6 Å². The Balaban J connectivity index is 1.57. The summed E-state index contributed by atoms with van der Waals surface area (Å²) in [7, 11) is 1.44. The van der Waals surface area contributed by atoms with E-state index in [1.54, 1.807) is 61.7 Å². The number of carbonyl (C=O) groups excluding carboxylic acids is 2. The van der Waals surface area contributed by atoms with Gasteiger partial charge >= 0.3 is 0 Å². The number of methoxy groups -OCH3 is 1. The second kappa shape index (κ2) is 10.2. The maximum atomic E-state index is 12.9. The van der Waals surface area contributed by atoms with Gasteiger partial charge in [-0.05, 0) is 55.5 Å². The van der Waals surface area contributed by atoms with Crippen molar-refractivity contribution < 1.29 is 14.3 Å². The van der Waals surface area contributed by atoms with E-state index in [9.17, 15) is 14.4 Å². The van der Waals surface area contributed by atoms with Crippen LogP contribution in [-0.2, 0) is 0 Å². The van der Waals surface area contributed by atoms with Crippen LogP contribution in [0.3, 0.4) is 0 Å². The lowest BCUT2D eigenvalue weighted by atomic mass is 10.2. The fourth-order valence-electron chi connectivity index (χ4n) is 3.30. The molecule has 2 amide bonds. The first-order chi connectivity index (χ1) is 16.9. The Bertz CT molecular complexity index is 1450. The Labute approximate surface area is 205 Å². The minimum absolute atomic E-state index is 0.279. The van der Waals surface area contributed by atoms with Crippen LogP contribution in [0.2, 0.25) is 5.02 Å². The van der Waals surface area contributed by atoms with E-state index in [2.05, 4.69) is 20.7 Å². The Morgan fingerprint density at radius 2 is 1.77 bits per heavy atom. The van der Waals surface area contributed by atoms with Crippen molar-refractivity contribution in [2.45, 2.75) is 6.92 Å². The number of benzene rings is 2. The molecule has 2 aromatic heterocycles. The van der Waals surface area contributed by atoms with E-state index >= 15 is 0 Å². The number of hydrogen-bond acceptors (Lipinski definition) is 6. The molecule has 35 heavy (non-hydrogen) atoms. The molecule has 0 atom stereocenters. The molecule has 2 heterocycles. The number of amides is 2. The van der Waals surface area contributed by atoms with Crippen molar-refractivity contribution >= 4 is 34.8 Å². The zero-order valence-electron chi connectivity index (χ0n) is 18.8. The van der Waals surface area contributed by atoms with Gasteiger partial charge in [-0.25, -0.2) is 4.68 Å². The van der Waals surface area contributed by atoms with Crippen molar-refractivity contribution in [3.63, 3.8) is 0 Å². The smallest absolute Gasteiger partial charge is 0.280 e. The fraction of sp³-hybridized carbons (Fsp3) is 0.0800. The highest BCUT2D eigenvalue weighted by Gasteiger charge is 2.17. The van der Waals surface area contributed by atoms with E-state index in [4.69, 9.17) is 16.3 Å². The summed E-state index contributed by atoms with van der Waals surface area (Å²) in [5, 5.41) is 10.2. The first-order valence-electron chi connectivity index (χ1n) is 10.4. The van der Waals surface area contributed by atoms with Crippen LogP contribution in [0.25, 0.3) is 5.69 Å². The predicted octanol–water partition coefficient (Wildman–Crippen LogP) is 4.10. The lowest BCUT2D eigenvalue weighted by molar-refractivity contribution is 0.101. The van der Waals surface area contributed by atoms with Gasteiger partial charge in [0.2, 0.25) is 5.43 Å². The molecule has 0 spiro atoms. The second-order valence-electron chi connectivity index (χ2n) is 7.45. The SMILES string of the molecule is COc1cc(NC(=O)c2nn(-c3ccc(Cl)cc3)c(C)cc2=O)ccc1NC(=O)c1cccnc1. The number of pyridine rings is 1. The highest BCUT2D eigenvalue weighted by atomic mass is 35.5. The van der Waals surface area contributed by atoms with Gasteiger partial charge in [-0.3, -0.25) is 19.4 Å². The van der Waals surface area contributed by atoms with Crippen LogP contribution in [0, 0.1) is 6.92 Å². The third kappa shape index (κ3) is 5.36. The number of aromatic nitrogens is 3. The van der Waals surface area contributed by atoms with Gasteiger partial charge in [-0.2, -0.15) is 5.10 Å². The zero-order chi connectivity index (χ0) is 24.9. The molecule has 0 saturated heterocycles. The van der Waals surface area contributed by atoms with Gasteiger partial charge in [0.25, 0.3) is 11.8 Å². The van der Waals surface area contributed by atoms with Crippen molar-refractivity contribution in [2.24, 2.45) is 0 Å². The van der Waals surface area contributed by atoms with Crippen molar-refractivity contribution in [3.05, 3.63) is 105 Å². The summed E-state index contributed by atoms with van der Waals surface area (Å²) in [5.74, 6) is -0.734. The molecule has 0 radical (unpaired) electrons. The molecule has 0 aliphatic carbocycles. The minimum atomic E-state index is -0.688. The first kappa shape index (κ1) is 23.7. The molecule has 0 aliphatic heterocycles. The summed E-state index contributed by atoms with van der Waals surface area (Å²) in [4.78, 5) is 41.8. The monoisotopic (exact) mass is 489 g/mol. The number of hydrogen-bond donors (Lipinski definition) is 2. The normalized spacial score (nSPS) is 10.5. The second-order valence-corrected chi connectivity index (χ2v) is 7.89.